The van der Waals surface area contributed by atoms with Gasteiger partial charge in [0.25, 0.3) is 5.91 Å². The Morgan fingerprint density at radius 2 is 1.94 bits per heavy atom. The molecule has 32 heavy (non-hydrogen) atoms. The quantitative estimate of drug-likeness (QED) is 0.273. The van der Waals surface area contributed by atoms with E-state index in [0.29, 0.717) is 23.4 Å². The summed E-state index contributed by atoms with van der Waals surface area (Å²) in [4.78, 5) is 12.5. The van der Waals surface area contributed by atoms with Crippen molar-refractivity contribution in [1.82, 2.24) is 0 Å². The number of halogens is 1. The van der Waals surface area contributed by atoms with Gasteiger partial charge in [0.05, 0.1) is 0 Å². The molecule has 0 atom stereocenters. The predicted octanol–water partition coefficient (Wildman–Crippen LogP) is 5.99. The molecule has 4 nitrogen and oxygen atoms in total. The number of amides is 1. The van der Waals surface area contributed by atoms with E-state index in [9.17, 15) is 14.4 Å². The molecule has 5 heteroatoms. The minimum absolute atomic E-state index is 0.0106. The van der Waals surface area contributed by atoms with Gasteiger partial charge < -0.3 is 10.1 Å². The van der Waals surface area contributed by atoms with Crippen LogP contribution in [-0.2, 0) is 17.8 Å². The van der Waals surface area contributed by atoms with Crippen LogP contribution in [0, 0.1) is 24.1 Å². The summed E-state index contributed by atoms with van der Waals surface area (Å²) in [5.74, 6) is -0.159. The van der Waals surface area contributed by atoms with E-state index in [1.807, 2.05) is 31.2 Å². The Balaban J connectivity index is 1.78. The van der Waals surface area contributed by atoms with Crippen LogP contribution in [0.25, 0.3) is 6.08 Å². The van der Waals surface area contributed by atoms with Crippen LogP contribution in [0.5, 0.6) is 5.75 Å². The number of benzene rings is 3. The van der Waals surface area contributed by atoms with Gasteiger partial charge in [0.1, 0.15) is 29.8 Å². The van der Waals surface area contributed by atoms with Crippen molar-refractivity contribution in [3.8, 4) is 11.8 Å². The average molecular weight is 426 g/mol. The van der Waals surface area contributed by atoms with Crippen LogP contribution in [0.4, 0.5) is 10.1 Å². The maximum atomic E-state index is 13.4. The lowest BCUT2D eigenvalue weighted by molar-refractivity contribution is -0.112. The lowest BCUT2D eigenvalue weighted by Gasteiger charge is -2.12. The second-order valence-electron chi connectivity index (χ2n) is 7.27. The van der Waals surface area contributed by atoms with Crippen molar-refractivity contribution >= 4 is 17.7 Å². The highest BCUT2D eigenvalue weighted by molar-refractivity contribution is 6.09. The van der Waals surface area contributed by atoms with Gasteiger partial charge in [0.15, 0.2) is 0 Å². The maximum absolute atomic E-state index is 13.4. The fourth-order valence-electron chi connectivity index (χ4n) is 3.08. The molecule has 0 aliphatic heterocycles. The normalized spacial score (nSPS) is 10.8. The second kappa shape index (κ2) is 10.7. The molecule has 0 saturated heterocycles. The molecule has 0 aromatic heterocycles. The zero-order valence-corrected chi connectivity index (χ0v) is 17.8. The van der Waals surface area contributed by atoms with E-state index in [1.54, 1.807) is 42.5 Å². The summed E-state index contributed by atoms with van der Waals surface area (Å²) in [7, 11) is 0. The number of allylic oxidation sites excluding steroid dienone is 1. The molecule has 0 heterocycles. The molecule has 1 amide bonds. The molecule has 1 N–H and O–H groups in total. The first-order chi connectivity index (χ1) is 15.5. The van der Waals surface area contributed by atoms with Gasteiger partial charge >= 0.3 is 0 Å². The van der Waals surface area contributed by atoms with Crippen LogP contribution in [0.3, 0.4) is 0 Å². The number of nitrogens with one attached hydrogen (secondary N) is 1. The summed E-state index contributed by atoms with van der Waals surface area (Å²) < 4.78 is 19.3. The minimum atomic E-state index is -0.479. The first-order valence-corrected chi connectivity index (χ1v) is 10.1. The highest BCUT2D eigenvalue weighted by Crippen LogP contribution is 2.24. The molecule has 0 bridgehead atoms. The summed E-state index contributed by atoms with van der Waals surface area (Å²) in [5.41, 5.74) is 3.95. The number of hydrogen-bond donors (Lipinski definition) is 1. The molecular weight excluding hydrogens is 403 g/mol. The van der Waals surface area contributed by atoms with Crippen LogP contribution in [0.1, 0.15) is 22.3 Å². The minimum Gasteiger partial charge on any atom is -0.489 e. The van der Waals surface area contributed by atoms with Crippen molar-refractivity contribution in [2.75, 3.05) is 5.32 Å². The van der Waals surface area contributed by atoms with Gasteiger partial charge in [-0.15, -0.1) is 6.58 Å². The Kier molecular flexibility index (Phi) is 7.55. The third-order valence-electron chi connectivity index (χ3n) is 4.72. The Labute approximate surface area is 187 Å². The lowest BCUT2D eigenvalue weighted by Crippen LogP contribution is -2.13. The van der Waals surface area contributed by atoms with Gasteiger partial charge in [-0.2, -0.15) is 5.26 Å². The van der Waals surface area contributed by atoms with Crippen LogP contribution in [0.2, 0.25) is 0 Å². The number of carbonyl (C=O) groups excluding carboxylic acids is 1. The van der Waals surface area contributed by atoms with Crippen molar-refractivity contribution in [3.63, 3.8) is 0 Å². The van der Waals surface area contributed by atoms with E-state index in [1.165, 1.54) is 18.2 Å². The molecule has 0 aliphatic carbocycles. The number of aryl methyl sites for hydroxylation is 1. The molecule has 0 fully saturated rings. The standard InChI is InChI=1S/C27H23FN2O2/c1-3-5-22-14-20(10-13-26(22)32-18-21-6-4-7-24(28)16-21)15-23(17-29)27(31)30-25-11-8-19(2)9-12-25/h3-4,6-16H,1,5,18H2,2H3,(H,30,31)/b23-15-. The van der Waals surface area contributed by atoms with Crippen molar-refractivity contribution in [2.24, 2.45) is 0 Å². The third kappa shape index (κ3) is 6.16. The molecule has 0 unspecified atom stereocenters. The molecule has 160 valence electrons. The van der Waals surface area contributed by atoms with E-state index in [0.717, 1.165) is 16.7 Å². The largest absolute Gasteiger partial charge is 0.489 e. The monoisotopic (exact) mass is 426 g/mol. The van der Waals surface area contributed by atoms with Gasteiger partial charge in [-0.25, -0.2) is 4.39 Å². The highest BCUT2D eigenvalue weighted by atomic mass is 19.1. The van der Waals surface area contributed by atoms with Gasteiger partial charge in [-0.3, -0.25) is 4.79 Å². The van der Waals surface area contributed by atoms with E-state index >= 15 is 0 Å². The maximum Gasteiger partial charge on any atom is 0.266 e. The van der Waals surface area contributed by atoms with E-state index in [-0.39, 0.29) is 18.0 Å². The van der Waals surface area contributed by atoms with Crippen molar-refractivity contribution < 1.29 is 13.9 Å². The van der Waals surface area contributed by atoms with Crippen LogP contribution < -0.4 is 10.1 Å². The van der Waals surface area contributed by atoms with Crippen molar-refractivity contribution in [1.29, 1.82) is 5.26 Å². The van der Waals surface area contributed by atoms with Crippen LogP contribution in [-0.4, -0.2) is 5.91 Å². The van der Waals surface area contributed by atoms with E-state index in [2.05, 4.69) is 11.9 Å². The molecule has 3 aromatic rings. The molecular formula is C27H23FN2O2. The van der Waals surface area contributed by atoms with E-state index in [4.69, 9.17) is 4.74 Å². The molecule has 0 radical (unpaired) electrons. The Morgan fingerprint density at radius 3 is 2.62 bits per heavy atom. The van der Waals surface area contributed by atoms with Crippen molar-refractivity contribution in [2.45, 2.75) is 20.0 Å². The van der Waals surface area contributed by atoms with Gasteiger partial charge in [0.2, 0.25) is 0 Å². The van der Waals surface area contributed by atoms with Crippen LogP contribution in [0.15, 0.2) is 85.0 Å². The molecule has 0 saturated carbocycles. The average Bonchev–Trinajstić information content (AvgIpc) is 2.78. The number of ether oxygens (including phenoxy) is 1. The predicted molar refractivity (Wildman–Crippen MR) is 124 cm³/mol. The van der Waals surface area contributed by atoms with Crippen molar-refractivity contribution in [3.05, 3.63) is 113 Å². The summed E-state index contributed by atoms with van der Waals surface area (Å²) in [5, 5.41) is 12.2. The number of nitriles is 1. The molecule has 3 aromatic carbocycles. The van der Waals surface area contributed by atoms with Crippen LogP contribution >= 0.6 is 0 Å². The Morgan fingerprint density at radius 1 is 1.16 bits per heavy atom. The fourth-order valence-corrected chi connectivity index (χ4v) is 3.08. The number of carbonyl (C=O) groups is 1. The fraction of sp³-hybridized carbons (Fsp3) is 0.111. The topological polar surface area (TPSA) is 62.1 Å². The van der Waals surface area contributed by atoms with Gasteiger partial charge in [-0.05, 0) is 72.5 Å². The molecule has 0 spiro atoms. The summed E-state index contributed by atoms with van der Waals surface area (Å²) in [6.45, 7) is 5.96. The number of hydrogen-bond acceptors (Lipinski definition) is 3. The van der Waals surface area contributed by atoms with Gasteiger partial charge in [0, 0.05) is 5.69 Å². The van der Waals surface area contributed by atoms with E-state index < -0.39 is 5.91 Å². The zero-order chi connectivity index (χ0) is 22.9. The first-order valence-electron chi connectivity index (χ1n) is 10.1. The summed E-state index contributed by atoms with van der Waals surface area (Å²) in [6.07, 6.45) is 3.82. The number of anilines is 1. The zero-order valence-electron chi connectivity index (χ0n) is 17.8. The summed E-state index contributed by atoms with van der Waals surface area (Å²) in [6, 6.07) is 20.9. The highest BCUT2D eigenvalue weighted by Gasteiger charge is 2.11. The Hall–Kier alpha value is -4.17. The first kappa shape index (κ1) is 22.5. The second-order valence-corrected chi connectivity index (χ2v) is 7.27. The molecule has 3 rings (SSSR count). The summed E-state index contributed by atoms with van der Waals surface area (Å²) >= 11 is 0. The smallest absolute Gasteiger partial charge is 0.266 e. The lowest BCUT2D eigenvalue weighted by atomic mass is 10.0. The third-order valence-corrected chi connectivity index (χ3v) is 4.72. The van der Waals surface area contributed by atoms with Gasteiger partial charge in [-0.1, -0.05) is 42.0 Å². The number of rotatable bonds is 8. The molecule has 0 aliphatic rings. The SMILES string of the molecule is C=CCc1cc(/C=C(/C#N)C(=O)Nc2ccc(C)cc2)ccc1OCc1cccc(F)c1. The Bertz CT molecular complexity index is 1190. The number of nitrogens with zero attached hydrogens (tertiary/aromatic N) is 1.